The highest BCUT2D eigenvalue weighted by atomic mass is 31.1. The quantitative estimate of drug-likeness (QED) is 0.473. The summed E-state index contributed by atoms with van der Waals surface area (Å²) in [4.78, 5) is 10.6. The second-order valence-electron chi connectivity index (χ2n) is 4.25. The van der Waals surface area contributed by atoms with Crippen molar-refractivity contribution in [3.8, 4) is 0 Å². The summed E-state index contributed by atoms with van der Waals surface area (Å²) < 4.78 is 19.5. The average Bonchev–Trinajstić information content (AvgIpc) is 2.54. The van der Waals surface area contributed by atoms with Gasteiger partial charge in [0.25, 0.3) is 5.69 Å². The van der Waals surface area contributed by atoms with Crippen LogP contribution in [-0.2, 0) is 13.6 Å². The van der Waals surface area contributed by atoms with Crippen LogP contribution in [0.1, 0.15) is 13.8 Å². The Balaban J connectivity index is 0.000000284. The Kier molecular flexibility index (Phi) is 8.11. The maximum absolute atomic E-state index is 11.0. The Morgan fingerprint density at radius 2 is 1.74 bits per heavy atom. The third kappa shape index (κ3) is 5.56. The standard InChI is InChI=1S/C11H10N2O2.C4H10O3P/c1-12-10-7-6-8-4-2-3-5-9(8)11(10)13(14)15;1-3-6-8(5)7-4-2/h2-7,12H,1H3;3-4H2,1-2H3/q;+1. The molecule has 0 bridgehead atoms. The molecular weight excluding hydrogens is 319 g/mol. The fraction of sp³-hybridized carbons (Fsp3) is 0.333. The number of nitro benzene ring substituents is 1. The summed E-state index contributed by atoms with van der Waals surface area (Å²) in [7, 11) is -0.153. The van der Waals surface area contributed by atoms with Crippen molar-refractivity contribution in [3.05, 3.63) is 46.5 Å². The minimum atomic E-state index is -1.83. The minimum absolute atomic E-state index is 0.135. The third-order valence-electron chi connectivity index (χ3n) is 2.82. The van der Waals surface area contributed by atoms with Crippen LogP contribution in [0.15, 0.2) is 36.4 Å². The van der Waals surface area contributed by atoms with E-state index in [1.54, 1.807) is 39.1 Å². The molecule has 0 aliphatic heterocycles. The Hall–Kier alpha value is -2.08. The smallest absolute Gasteiger partial charge is 0.383 e. The van der Waals surface area contributed by atoms with E-state index >= 15 is 0 Å². The van der Waals surface area contributed by atoms with Crippen LogP contribution in [0.2, 0.25) is 0 Å². The van der Waals surface area contributed by atoms with Crippen molar-refractivity contribution in [2.24, 2.45) is 0 Å². The van der Waals surface area contributed by atoms with Gasteiger partial charge in [-0.2, -0.15) is 0 Å². The zero-order valence-corrected chi connectivity index (χ0v) is 14.2. The molecule has 0 radical (unpaired) electrons. The largest absolute Gasteiger partial charge is 0.697 e. The van der Waals surface area contributed by atoms with E-state index in [4.69, 9.17) is 0 Å². The first-order chi connectivity index (χ1) is 11.0. The number of benzene rings is 2. The summed E-state index contributed by atoms with van der Waals surface area (Å²) in [5, 5.41) is 15.3. The lowest BCUT2D eigenvalue weighted by molar-refractivity contribution is -0.382. The van der Waals surface area contributed by atoms with Crippen LogP contribution in [0.3, 0.4) is 0 Å². The Morgan fingerprint density at radius 3 is 2.26 bits per heavy atom. The monoisotopic (exact) mass is 339 g/mol. The lowest BCUT2D eigenvalue weighted by atomic mass is 10.1. The van der Waals surface area contributed by atoms with Gasteiger partial charge >= 0.3 is 8.25 Å². The van der Waals surface area contributed by atoms with Gasteiger partial charge in [-0.1, -0.05) is 24.3 Å². The molecule has 7 nitrogen and oxygen atoms in total. The van der Waals surface area contributed by atoms with Crippen LogP contribution >= 0.6 is 8.25 Å². The zero-order chi connectivity index (χ0) is 17.2. The van der Waals surface area contributed by atoms with Gasteiger partial charge in [-0.25, -0.2) is 0 Å². The Morgan fingerprint density at radius 1 is 1.13 bits per heavy atom. The molecule has 0 saturated carbocycles. The molecule has 2 rings (SSSR count). The van der Waals surface area contributed by atoms with Crippen molar-refractivity contribution in [1.29, 1.82) is 0 Å². The van der Waals surface area contributed by atoms with Gasteiger partial charge in [0.2, 0.25) is 0 Å². The van der Waals surface area contributed by atoms with E-state index in [2.05, 4.69) is 14.4 Å². The van der Waals surface area contributed by atoms with Crippen LogP contribution in [0.5, 0.6) is 0 Å². The van der Waals surface area contributed by atoms with Gasteiger partial charge in [-0.3, -0.25) is 10.1 Å². The number of anilines is 1. The maximum Gasteiger partial charge on any atom is 0.697 e. The van der Waals surface area contributed by atoms with Crippen molar-refractivity contribution in [2.45, 2.75) is 13.8 Å². The number of nitro groups is 1. The van der Waals surface area contributed by atoms with Crippen LogP contribution in [0.4, 0.5) is 11.4 Å². The highest BCUT2D eigenvalue weighted by Gasteiger charge is 2.17. The maximum atomic E-state index is 11.0. The second-order valence-corrected chi connectivity index (χ2v) is 5.21. The van der Waals surface area contributed by atoms with E-state index in [0.29, 0.717) is 24.3 Å². The lowest BCUT2D eigenvalue weighted by Crippen LogP contribution is -1.97. The first kappa shape index (κ1) is 19.0. The Bertz CT molecular complexity index is 670. The number of hydrogen-bond acceptors (Lipinski definition) is 6. The van der Waals surface area contributed by atoms with E-state index < -0.39 is 8.25 Å². The predicted octanol–water partition coefficient (Wildman–Crippen LogP) is 4.51. The summed E-state index contributed by atoms with van der Waals surface area (Å²) >= 11 is 0. The fourth-order valence-corrected chi connectivity index (χ4v) is 2.40. The zero-order valence-electron chi connectivity index (χ0n) is 13.3. The van der Waals surface area contributed by atoms with Crippen LogP contribution in [0, 0.1) is 10.1 Å². The van der Waals surface area contributed by atoms with E-state index in [1.165, 1.54) is 0 Å². The van der Waals surface area contributed by atoms with Crippen molar-refractivity contribution in [2.75, 3.05) is 25.6 Å². The number of nitrogens with one attached hydrogen (secondary N) is 1. The fourth-order valence-electron chi connectivity index (χ4n) is 1.90. The molecule has 0 amide bonds. The van der Waals surface area contributed by atoms with Crippen LogP contribution < -0.4 is 5.32 Å². The highest BCUT2D eigenvalue weighted by molar-refractivity contribution is 7.33. The van der Waals surface area contributed by atoms with Crippen molar-refractivity contribution < 1.29 is 18.5 Å². The first-order valence-electron chi connectivity index (χ1n) is 7.12. The molecular formula is C15H20N2O5P+. The highest BCUT2D eigenvalue weighted by Crippen LogP contribution is 2.32. The molecule has 1 N–H and O–H groups in total. The molecule has 0 saturated heterocycles. The molecule has 0 unspecified atom stereocenters. The van der Waals surface area contributed by atoms with E-state index in [1.807, 2.05) is 18.2 Å². The summed E-state index contributed by atoms with van der Waals surface area (Å²) in [6.07, 6.45) is 0. The van der Waals surface area contributed by atoms with Crippen LogP contribution in [0.25, 0.3) is 10.8 Å². The molecule has 0 aromatic heterocycles. The number of fused-ring (bicyclic) bond motifs is 1. The van der Waals surface area contributed by atoms with Gasteiger partial charge in [-0.05, 0) is 31.4 Å². The van der Waals surface area contributed by atoms with E-state index in [9.17, 15) is 14.7 Å². The van der Waals surface area contributed by atoms with E-state index in [-0.39, 0.29) is 10.6 Å². The molecule has 0 aliphatic carbocycles. The molecule has 0 spiro atoms. The number of nitrogens with zero attached hydrogens (tertiary/aromatic N) is 1. The first-order valence-corrected chi connectivity index (χ1v) is 8.21. The summed E-state index contributed by atoms with van der Waals surface area (Å²) in [6.45, 7) is 4.42. The number of rotatable bonds is 6. The molecule has 23 heavy (non-hydrogen) atoms. The van der Waals surface area contributed by atoms with Crippen LogP contribution in [-0.4, -0.2) is 25.2 Å². The van der Waals surface area contributed by atoms with Gasteiger partial charge in [-0.15, -0.1) is 9.05 Å². The molecule has 2 aromatic rings. The minimum Gasteiger partial charge on any atom is -0.383 e. The van der Waals surface area contributed by atoms with Gasteiger partial charge in [0, 0.05) is 11.6 Å². The molecule has 124 valence electrons. The summed E-state index contributed by atoms with van der Waals surface area (Å²) in [5.41, 5.74) is 0.675. The lowest BCUT2D eigenvalue weighted by Gasteiger charge is -2.04. The molecule has 8 heteroatoms. The SMILES string of the molecule is CCO[P+](=O)OCC.CNc1ccc2ccccc2c1[N+](=O)[O-]. The summed E-state index contributed by atoms with van der Waals surface area (Å²) in [5.74, 6) is 0. The van der Waals surface area contributed by atoms with Crippen molar-refractivity contribution in [1.82, 2.24) is 0 Å². The average molecular weight is 339 g/mol. The van der Waals surface area contributed by atoms with Gasteiger partial charge in [0.15, 0.2) is 0 Å². The number of hydrogen-bond donors (Lipinski definition) is 1. The summed E-state index contributed by atoms with van der Waals surface area (Å²) in [6, 6.07) is 10.9. The molecule has 0 aliphatic rings. The molecule has 0 heterocycles. The predicted molar refractivity (Wildman–Crippen MR) is 91.0 cm³/mol. The van der Waals surface area contributed by atoms with Crippen molar-refractivity contribution in [3.63, 3.8) is 0 Å². The van der Waals surface area contributed by atoms with Gasteiger partial charge < -0.3 is 5.32 Å². The normalized spacial score (nSPS) is 9.87. The topological polar surface area (TPSA) is 90.7 Å². The van der Waals surface area contributed by atoms with Crippen molar-refractivity contribution >= 4 is 30.4 Å². The van der Waals surface area contributed by atoms with Gasteiger partial charge in [0.05, 0.1) is 10.3 Å². The third-order valence-corrected chi connectivity index (χ3v) is 3.76. The molecule has 0 fully saturated rings. The van der Waals surface area contributed by atoms with E-state index in [0.717, 1.165) is 5.39 Å². The molecule has 0 atom stereocenters. The second kappa shape index (κ2) is 9.84. The van der Waals surface area contributed by atoms with Gasteiger partial charge in [0.1, 0.15) is 18.9 Å². The Labute approximate surface area is 135 Å². The molecule has 2 aromatic carbocycles.